The minimum Gasteiger partial charge on any atom is -0.481 e. The lowest BCUT2D eigenvalue weighted by atomic mass is 10.1. The van der Waals surface area contributed by atoms with E-state index in [4.69, 9.17) is 9.84 Å². The van der Waals surface area contributed by atoms with Crippen LogP contribution >= 0.6 is 0 Å². The maximum Gasteiger partial charge on any atom is 0.407 e. The van der Waals surface area contributed by atoms with Gasteiger partial charge in [-0.05, 0) is 33.6 Å². The van der Waals surface area contributed by atoms with Crippen molar-refractivity contribution < 1.29 is 24.5 Å². The number of alkyl carbamates (subject to hydrolysis) is 1. The van der Waals surface area contributed by atoms with E-state index in [1.165, 1.54) is 0 Å². The smallest absolute Gasteiger partial charge is 0.407 e. The Labute approximate surface area is 100.0 Å². The molecule has 1 fully saturated rings. The largest absolute Gasteiger partial charge is 0.481 e. The number of aliphatic carboxylic acids is 1. The van der Waals surface area contributed by atoms with Crippen molar-refractivity contribution in [1.29, 1.82) is 0 Å². The van der Waals surface area contributed by atoms with Crippen LogP contribution in [0.4, 0.5) is 4.79 Å². The van der Waals surface area contributed by atoms with Crippen LogP contribution in [0.3, 0.4) is 0 Å². The number of hydrogen-bond acceptors (Lipinski definition) is 4. The quantitative estimate of drug-likeness (QED) is 0.666. The van der Waals surface area contributed by atoms with Crippen LogP contribution in [0.25, 0.3) is 0 Å². The SMILES string of the molecule is CC(C)(C)OC(=O)N[C@@H]1CC(C(=O)O)C[C@@H]1O. The fourth-order valence-corrected chi connectivity index (χ4v) is 1.83. The molecule has 1 rings (SSSR count). The fourth-order valence-electron chi connectivity index (χ4n) is 1.83. The van der Waals surface area contributed by atoms with Crippen molar-refractivity contribution in [1.82, 2.24) is 5.32 Å². The lowest BCUT2D eigenvalue weighted by Gasteiger charge is -2.22. The molecule has 1 aliphatic rings. The summed E-state index contributed by atoms with van der Waals surface area (Å²) in [5, 5.41) is 20.9. The summed E-state index contributed by atoms with van der Waals surface area (Å²) < 4.78 is 5.04. The molecule has 0 aromatic heterocycles. The fraction of sp³-hybridized carbons (Fsp3) is 0.818. The highest BCUT2D eigenvalue weighted by molar-refractivity contribution is 5.72. The molecular weight excluding hydrogens is 226 g/mol. The summed E-state index contributed by atoms with van der Waals surface area (Å²) in [5.41, 5.74) is -0.611. The second kappa shape index (κ2) is 4.91. The summed E-state index contributed by atoms with van der Waals surface area (Å²) in [7, 11) is 0. The van der Waals surface area contributed by atoms with Gasteiger partial charge in [-0.2, -0.15) is 0 Å². The molecule has 0 aliphatic heterocycles. The number of rotatable bonds is 2. The molecule has 98 valence electrons. The molecular formula is C11H19NO5. The Morgan fingerprint density at radius 1 is 1.29 bits per heavy atom. The number of carbonyl (C=O) groups is 2. The molecule has 1 saturated carbocycles. The molecule has 0 aromatic carbocycles. The van der Waals surface area contributed by atoms with Crippen LogP contribution in [0.15, 0.2) is 0 Å². The molecule has 0 aromatic rings. The Morgan fingerprint density at radius 2 is 1.88 bits per heavy atom. The third-order valence-corrected chi connectivity index (χ3v) is 2.58. The summed E-state index contributed by atoms with van der Waals surface area (Å²) in [5.74, 6) is -1.55. The number of amides is 1. The number of aliphatic hydroxyl groups excluding tert-OH is 1. The first-order chi connectivity index (χ1) is 7.69. The number of aliphatic hydroxyl groups is 1. The van der Waals surface area contributed by atoms with Gasteiger partial charge in [0.1, 0.15) is 5.60 Å². The van der Waals surface area contributed by atoms with Crippen LogP contribution < -0.4 is 5.32 Å². The highest BCUT2D eigenvalue weighted by Gasteiger charge is 2.38. The van der Waals surface area contributed by atoms with Gasteiger partial charge in [0.25, 0.3) is 0 Å². The molecule has 1 aliphatic carbocycles. The van der Waals surface area contributed by atoms with Crippen molar-refractivity contribution >= 4 is 12.1 Å². The normalized spacial score (nSPS) is 28.8. The van der Waals surface area contributed by atoms with Gasteiger partial charge in [0.2, 0.25) is 0 Å². The number of ether oxygens (including phenoxy) is 1. The van der Waals surface area contributed by atoms with Crippen LogP contribution in [0.5, 0.6) is 0 Å². The van der Waals surface area contributed by atoms with Gasteiger partial charge in [0.05, 0.1) is 18.1 Å². The van der Waals surface area contributed by atoms with Crippen molar-refractivity contribution in [2.24, 2.45) is 5.92 Å². The molecule has 6 nitrogen and oxygen atoms in total. The zero-order valence-electron chi connectivity index (χ0n) is 10.3. The summed E-state index contributed by atoms with van der Waals surface area (Å²) in [6.07, 6.45) is -1.07. The van der Waals surface area contributed by atoms with Gasteiger partial charge in [-0.15, -0.1) is 0 Å². The van der Waals surface area contributed by atoms with Crippen molar-refractivity contribution in [2.45, 2.75) is 51.4 Å². The van der Waals surface area contributed by atoms with Crippen molar-refractivity contribution in [3.05, 3.63) is 0 Å². The molecule has 1 amide bonds. The summed E-state index contributed by atoms with van der Waals surface area (Å²) >= 11 is 0. The minimum atomic E-state index is -0.947. The van der Waals surface area contributed by atoms with Crippen molar-refractivity contribution in [3.8, 4) is 0 Å². The second-order valence-electron chi connectivity index (χ2n) is 5.33. The average Bonchev–Trinajstić information content (AvgIpc) is 2.44. The molecule has 6 heteroatoms. The first kappa shape index (κ1) is 13.8. The van der Waals surface area contributed by atoms with Crippen LogP contribution in [0, 0.1) is 5.92 Å². The van der Waals surface area contributed by atoms with Gasteiger partial charge >= 0.3 is 12.1 Å². The monoisotopic (exact) mass is 245 g/mol. The summed E-state index contributed by atoms with van der Waals surface area (Å²) in [4.78, 5) is 22.2. The highest BCUT2D eigenvalue weighted by atomic mass is 16.6. The van der Waals surface area contributed by atoms with Gasteiger partial charge < -0.3 is 20.3 Å². The molecule has 0 radical (unpaired) electrons. The zero-order valence-corrected chi connectivity index (χ0v) is 10.3. The Hall–Kier alpha value is -1.30. The maximum atomic E-state index is 11.4. The number of carboxylic acids is 1. The third kappa shape index (κ3) is 4.22. The average molecular weight is 245 g/mol. The standard InChI is InChI=1S/C11H19NO5/c1-11(2,3)17-10(16)12-7-4-6(9(14)15)5-8(7)13/h6-8,13H,4-5H2,1-3H3,(H,12,16)(H,14,15)/t6?,7-,8+/m1/s1. The first-order valence-electron chi connectivity index (χ1n) is 5.59. The third-order valence-electron chi connectivity index (χ3n) is 2.58. The molecule has 0 bridgehead atoms. The lowest BCUT2D eigenvalue weighted by Crippen LogP contribution is -2.42. The van der Waals surface area contributed by atoms with E-state index in [1.54, 1.807) is 20.8 Å². The van der Waals surface area contributed by atoms with Gasteiger partial charge in [0.15, 0.2) is 0 Å². The van der Waals surface area contributed by atoms with Gasteiger partial charge in [-0.1, -0.05) is 0 Å². The number of carbonyl (C=O) groups excluding carboxylic acids is 1. The molecule has 3 atom stereocenters. The van der Waals surface area contributed by atoms with Crippen molar-refractivity contribution in [2.75, 3.05) is 0 Å². The van der Waals surface area contributed by atoms with Gasteiger partial charge in [0, 0.05) is 0 Å². The number of hydrogen-bond donors (Lipinski definition) is 3. The second-order valence-corrected chi connectivity index (χ2v) is 5.33. The highest BCUT2D eigenvalue weighted by Crippen LogP contribution is 2.26. The first-order valence-corrected chi connectivity index (χ1v) is 5.59. The van der Waals surface area contributed by atoms with Gasteiger partial charge in [-0.25, -0.2) is 4.79 Å². The van der Waals surface area contributed by atoms with E-state index in [2.05, 4.69) is 5.32 Å². The zero-order chi connectivity index (χ0) is 13.2. The molecule has 0 heterocycles. The Morgan fingerprint density at radius 3 is 2.29 bits per heavy atom. The van der Waals surface area contributed by atoms with E-state index >= 15 is 0 Å². The topological polar surface area (TPSA) is 95.9 Å². The van der Waals surface area contributed by atoms with E-state index in [9.17, 15) is 14.7 Å². The Kier molecular flexibility index (Phi) is 3.98. The Balaban J connectivity index is 2.47. The van der Waals surface area contributed by atoms with Crippen LogP contribution in [-0.2, 0) is 9.53 Å². The van der Waals surface area contributed by atoms with E-state index in [-0.39, 0.29) is 12.8 Å². The molecule has 1 unspecified atom stereocenters. The molecule has 0 saturated heterocycles. The van der Waals surface area contributed by atoms with Crippen LogP contribution in [-0.4, -0.2) is 40.0 Å². The van der Waals surface area contributed by atoms with E-state index in [0.29, 0.717) is 0 Å². The molecule has 17 heavy (non-hydrogen) atoms. The van der Waals surface area contributed by atoms with E-state index in [1.807, 2.05) is 0 Å². The number of carboxylic acid groups (broad SMARTS) is 1. The number of nitrogens with one attached hydrogen (secondary N) is 1. The summed E-state index contributed by atoms with van der Waals surface area (Å²) in [6.45, 7) is 5.20. The van der Waals surface area contributed by atoms with E-state index in [0.717, 1.165) is 0 Å². The van der Waals surface area contributed by atoms with Gasteiger partial charge in [-0.3, -0.25) is 4.79 Å². The predicted octanol–water partition coefficient (Wildman–Crippen LogP) is 0.735. The minimum absolute atomic E-state index is 0.162. The summed E-state index contributed by atoms with van der Waals surface area (Å²) in [6, 6.07) is -0.550. The lowest BCUT2D eigenvalue weighted by molar-refractivity contribution is -0.141. The maximum absolute atomic E-state index is 11.4. The predicted molar refractivity (Wildman–Crippen MR) is 59.5 cm³/mol. The molecule has 3 N–H and O–H groups in total. The van der Waals surface area contributed by atoms with Crippen molar-refractivity contribution in [3.63, 3.8) is 0 Å². The van der Waals surface area contributed by atoms with E-state index < -0.39 is 35.7 Å². The van der Waals surface area contributed by atoms with Crippen LogP contribution in [0.2, 0.25) is 0 Å². The Bertz CT molecular complexity index is 309. The molecule has 0 spiro atoms. The van der Waals surface area contributed by atoms with Crippen LogP contribution in [0.1, 0.15) is 33.6 Å².